The summed E-state index contributed by atoms with van der Waals surface area (Å²) in [5.74, 6) is -2.15. The van der Waals surface area contributed by atoms with Gasteiger partial charge in [0, 0.05) is 25.3 Å². The Kier molecular flexibility index (Phi) is 13.4. The average molecular weight is 764 g/mol. The van der Waals surface area contributed by atoms with Crippen LogP contribution in [0.25, 0.3) is 10.8 Å². The number of azo groups is 1. The maximum absolute atomic E-state index is 12.3. The molecule has 3 aromatic carbocycles. The molecule has 0 atom stereocenters. The van der Waals surface area contributed by atoms with E-state index in [1.165, 1.54) is 23.1 Å². The number of anilines is 5. The second-order valence-corrected chi connectivity index (χ2v) is 14.1. The van der Waals surface area contributed by atoms with Crippen LogP contribution in [-0.4, -0.2) is 108 Å². The summed E-state index contributed by atoms with van der Waals surface area (Å²) in [5.41, 5.74) is 5.09. The van der Waals surface area contributed by atoms with Crippen LogP contribution < -0.4 is 50.8 Å². The van der Waals surface area contributed by atoms with E-state index in [0.29, 0.717) is 6.07 Å². The maximum Gasteiger partial charge on any atom is 1.00 e. The molecule has 0 unspecified atom stereocenters. The Morgan fingerprint density at radius 1 is 0.840 bits per heavy atom. The first-order valence-electron chi connectivity index (χ1n) is 13.6. The van der Waals surface area contributed by atoms with Gasteiger partial charge in [0.1, 0.15) is 37.4 Å². The van der Waals surface area contributed by atoms with Gasteiger partial charge in [-0.2, -0.15) is 15.0 Å². The van der Waals surface area contributed by atoms with E-state index in [0.717, 1.165) is 18.2 Å². The Labute approximate surface area is 306 Å². The molecule has 0 aliphatic heterocycles. The number of hydrogen-bond donors (Lipinski definition) is 6. The Morgan fingerprint density at radius 2 is 1.50 bits per heavy atom. The summed E-state index contributed by atoms with van der Waals surface area (Å²) in [4.78, 5) is 12.0. The van der Waals surface area contributed by atoms with E-state index in [-0.39, 0.29) is 102 Å². The molecule has 0 saturated heterocycles. The van der Waals surface area contributed by atoms with Gasteiger partial charge in [-0.15, -0.1) is 10.2 Å². The van der Waals surface area contributed by atoms with Gasteiger partial charge in [0.05, 0.1) is 49.9 Å². The van der Waals surface area contributed by atoms with Crippen molar-refractivity contribution in [3.8, 4) is 5.75 Å². The molecule has 1 aromatic heterocycles. The predicted octanol–water partition coefficient (Wildman–Crippen LogP) is -2.97. The Hall–Kier alpha value is -3.82. The van der Waals surface area contributed by atoms with Crippen molar-refractivity contribution < 1.29 is 83.8 Å². The zero-order chi connectivity index (χ0) is 36.1. The largest absolute Gasteiger partial charge is 1.00 e. The van der Waals surface area contributed by atoms with E-state index >= 15 is 0 Å². The SMILES string of the molecule is Nc1ccc2cc(S(=O)(=O)[O-])cc(O)c2c1N=Nc1ccc(Nc2nc(NCCS(=O)(=O)[O-])nc(N(CCO)CCO)n2)cc1S(=O)(=O)[O-].[Na+]. The van der Waals surface area contributed by atoms with Gasteiger partial charge in [0.2, 0.25) is 17.8 Å². The minimum Gasteiger partial charge on any atom is -0.748 e. The van der Waals surface area contributed by atoms with Gasteiger partial charge < -0.3 is 50.2 Å². The van der Waals surface area contributed by atoms with Gasteiger partial charge in [-0.05, 0) is 41.8 Å². The number of aromatic nitrogens is 3. The molecule has 50 heavy (non-hydrogen) atoms. The summed E-state index contributed by atoms with van der Waals surface area (Å²) >= 11 is 0. The number of phenolic OH excluding ortho intramolecular Hbond substituents is 1. The molecule has 264 valence electrons. The van der Waals surface area contributed by atoms with Gasteiger partial charge in [-0.25, -0.2) is 25.3 Å². The van der Waals surface area contributed by atoms with Crippen LogP contribution in [0.4, 0.5) is 40.6 Å². The van der Waals surface area contributed by atoms with Gasteiger partial charge in [-0.3, -0.25) is 0 Å². The van der Waals surface area contributed by atoms with Crippen molar-refractivity contribution in [3.05, 3.63) is 42.5 Å². The van der Waals surface area contributed by atoms with Crippen molar-refractivity contribution in [3.63, 3.8) is 0 Å². The molecule has 0 amide bonds. The van der Waals surface area contributed by atoms with Gasteiger partial charge in [0.15, 0.2) is 0 Å². The minimum absolute atomic E-state index is 0. The zero-order valence-corrected chi connectivity index (χ0v) is 30.2. The number of rotatable bonds is 15. The summed E-state index contributed by atoms with van der Waals surface area (Å²) in [5, 5.41) is 42.2. The van der Waals surface area contributed by atoms with E-state index < -0.39 is 63.9 Å². The van der Waals surface area contributed by atoms with Crippen LogP contribution in [0.3, 0.4) is 0 Å². The predicted molar refractivity (Wildman–Crippen MR) is 169 cm³/mol. The third kappa shape index (κ3) is 10.6. The van der Waals surface area contributed by atoms with Crippen molar-refractivity contribution in [2.45, 2.75) is 9.79 Å². The van der Waals surface area contributed by atoms with Crippen molar-refractivity contribution in [2.75, 3.05) is 59.9 Å². The third-order valence-corrected chi connectivity index (χ3v) is 8.77. The first-order valence-corrected chi connectivity index (χ1v) is 18.0. The first-order chi connectivity index (χ1) is 22.9. The van der Waals surface area contributed by atoms with E-state index in [1.54, 1.807) is 0 Å². The average Bonchev–Trinajstić information content (AvgIpc) is 2.99. The zero-order valence-electron chi connectivity index (χ0n) is 25.8. The smallest absolute Gasteiger partial charge is 0.748 e. The summed E-state index contributed by atoms with van der Waals surface area (Å²) < 4.78 is 104. The minimum atomic E-state index is -5.25. The fourth-order valence-corrected chi connectivity index (χ4v) is 5.77. The summed E-state index contributed by atoms with van der Waals surface area (Å²) in [6.45, 7) is -1.24. The van der Waals surface area contributed by atoms with Gasteiger partial charge >= 0.3 is 29.6 Å². The molecule has 21 nitrogen and oxygen atoms in total. The number of nitrogen functional groups attached to an aromatic ring is 1. The maximum atomic E-state index is 12.3. The van der Waals surface area contributed by atoms with E-state index in [1.807, 2.05) is 0 Å². The summed E-state index contributed by atoms with van der Waals surface area (Å²) in [6, 6.07) is 7.41. The fraction of sp³-hybridized carbons (Fsp3) is 0.240. The van der Waals surface area contributed by atoms with E-state index in [9.17, 15) is 54.2 Å². The van der Waals surface area contributed by atoms with Crippen LogP contribution >= 0.6 is 0 Å². The van der Waals surface area contributed by atoms with Gasteiger partial charge in [-0.1, -0.05) is 6.07 Å². The Balaban J connectivity index is 0.00000676. The number of nitrogens with zero attached hydrogens (tertiary/aromatic N) is 6. The number of fused-ring (bicyclic) bond motifs is 1. The number of hydrogen-bond acceptors (Lipinski definition) is 21. The van der Waals surface area contributed by atoms with Crippen LogP contribution in [0.5, 0.6) is 5.75 Å². The third-order valence-electron chi connectivity index (χ3n) is 6.39. The number of aliphatic hydroxyl groups is 2. The second-order valence-electron chi connectivity index (χ2n) is 9.87. The molecule has 25 heteroatoms. The Bertz CT molecular complexity index is 2240. The molecule has 0 fully saturated rings. The van der Waals surface area contributed by atoms with E-state index in [4.69, 9.17) is 5.73 Å². The molecule has 4 rings (SSSR count). The number of nitrogens with two attached hydrogens (primary N) is 1. The molecule has 0 saturated carbocycles. The Morgan fingerprint density at radius 3 is 2.10 bits per heavy atom. The molecule has 7 N–H and O–H groups in total. The normalized spacial score (nSPS) is 12.2. The number of phenols is 1. The molecule has 0 bridgehead atoms. The molecular weight excluding hydrogens is 738 g/mol. The monoisotopic (exact) mass is 763 g/mol. The van der Waals surface area contributed by atoms with Crippen LogP contribution in [0.1, 0.15) is 0 Å². The number of aromatic hydroxyl groups is 1. The van der Waals surface area contributed by atoms with E-state index in [2.05, 4.69) is 35.8 Å². The van der Waals surface area contributed by atoms with Crippen LogP contribution in [0.15, 0.2) is 62.5 Å². The molecule has 0 spiro atoms. The molecule has 0 aliphatic rings. The standard InChI is InChI=1S/C25H29N9O12S3.Na/c26-17-3-1-14-11-16(48(41,42)43)13-19(37)21(14)22(17)33-32-18-4-2-15(12-20(18)49(44,45)46)28-24-29-23(27-5-10-47(38,39)40)30-25(31-24)34(6-8-35)7-9-36;/h1-4,11-13,35-37H,5-10,26H2,(H,38,39,40)(H,41,42,43)(H,44,45,46)(H2,27,28,29,30,31);/q;+1/p-3. The summed E-state index contributed by atoms with van der Waals surface area (Å²) in [6.07, 6.45) is 0. The molecule has 0 aliphatic carbocycles. The number of aliphatic hydroxyl groups excluding tert-OH is 2. The topological polar surface area (TPSA) is 349 Å². The summed E-state index contributed by atoms with van der Waals surface area (Å²) in [7, 11) is -14.8. The quantitative estimate of drug-likeness (QED) is 0.0305. The van der Waals surface area contributed by atoms with Crippen molar-refractivity contribution in [1.82, 2.24) is 15.0 Å². The van der Waals surface area contributed by atoms with Crippen molar-refractivity contribution in [1.29, 1.82) is 0 Å². The first kappa shape index (κ1) is 40.6. The molecular formula is C25H26N9NaO12S3-2. The second kappa shape index (κ2) is 16.5. The number of nitrogens with one attached hydrogen (secondary N) is 2. The molecule has 1 heterocycles. The van der Waals surface area contributed by atoms with Crippen LogP contribution in [-0.2, 0) is 30.4 Å². The van der Waals surface area contributed by atoms with Gasteiger partial charge in [0.25, 0.3) is 0 Å². The fourth-order valence-electron chi connectivity index (χ4n) is 4.26. The van der Waals surface area contributed by atoms with Crippen LogP contribution in [0.2, 0.25) is 0 Å². The molecule has 4 aromatic rings. The van der Waals surface area contributed by atoms with Crippen LogP contribution in [0, 0.1) is 0 Å². The van der Waals surface area contributed by atoms with Crippen molar-refractivity contribution >= 4 is 81.7 Å². The van der Waals surface area contributed by atoms with Crippen molar-refractivity contribution in [2.24, 2.45) is 10.2 Å². The molecule has 0 radical (unpaired) electrons. The number of benzene rings is 3.